The first kappa shape index (κ1) is 15.8. The third-order valence-electron chi connectivity index (χ3n) is 3.26. The fourth-order valence-electron chi connectivity index (χ4n) is 1.94. The van der Waals surface area contributed by atoms with Crippen LogP contribution in [0.3, 0.4) is 0 Å². The number of nitrogens with zero attached hydrogens (tertiary/aromatic N) is 3. The maximum atomic E-state index is 12.4. The second kappa shape index (κ2) is 6.44. The minimum atomic E-state index is -0.520. The predicted octanol–water partition coefficient (Wildman–Crippen LogP) is 1.65. The van der Waals surface area contributed by atoms with Crippen LogP contribution >= 0.6 is 23.1 Å². The summed E-state index contributed by atoms with van der Waals surface area (Å²) in [6, 6.07) is 2.27. The average Bonchev–Trinajstić information content (AvgIpc) is 3.13. The Bertz CT molecular complexity index is 575. The van der Waals surface area contributed by atoms with E-state index in [1.54, 1.807) is 11.9 Å². The van der Waals surface area contributed by atoms with Crippen LogP contribution in [0, 0.1) is 10.1 Å². The molecule has 0 saturated carbocycles. The van der Waals surface area contributed by atoms with Gasteiger partial charge in [0.2, 0.25) is 5.91 Å². The normalized spacial score (nSPS) is 17.8. The Morgan fingerprint density at radius 2 is 2.24 bits per heavy atom. The summed E-state index contributed by atoms with van der Waals surface area (Å²) in [6.07, 6.45) is 0. The molecule has 2 heterocycles. The molecule has 1 fully saturated rings. The number of likely N-dealkylation sites (N-methyl/N-ethyl adjacent to an activating group) is 1. The van der Waals surface area contributed by atoms with Crippen LogP contribution in [0.4, 0.5) is 5.00 Å². The third-order valence-corrected chi connectivity index (χ3v) is 5.30. The van der Waals surface area contributed by atoms with Crippen molar-refractivity contribution in [3.8, 4) is 0 Å². The van der Waals surface area contributed by atoms with Gasteiger partial charge in [-0.25, -0.2) is 0 Å². The molecule has 1 aromatic heterocycles. The van der Waals surface area contributed by atoms with Gasteiger partial charge < -0.3 is 9.80 Å². The molecule has 0 N–H and O–H groups in total. The summed E-state index contributed by atoms with van der Waals surface area (Å²) in [5, 5.41) is 10.6. The van der Waals surface area contributed by atoms with Crippen LogP contribution in [0.25, 0.3) is 0 Å². The molecule has 2 amide bonds. The van der Waals surface area contributed by atoms with Gasteiger partial charge in [0, 0.05) is 25.4 Å². The van der Waals surface area contributed by atoms with Crippen LogP contribution in [0.5, 0.6) is 0 Å². The van der Waals surface area contributed by atoms with Crippen LogP contribution in [0.1, 0.15) is 16.6 Å². The standard InChI is InChI=1S/C12H15N3O4S2/c1-3-13(2)11(16)8-6-20-7-14(8)12(17)9-4-5-10(21-9)15(18)19/h4-5,8H,3,6-7H2,1-2H3/t8-/m1/s1. The monoisotopic (exact) mass is 329 g/mol. The Kier molecular flexibility index (Phi) is 4.84. The first-order valence-corrected chi connectivity index (χ1v) is 8.30. The van der Waals surface area contributed by atoms with Crippen LogP contribution in [0.15, 0.2) is 12.1 Å². The van der Waals surface area contributed by atoms with Gasteiger partial charge in [0.25, 0.3) is 5.91 Å². The molecule has 2 rings (SSSR count). The molecule has 1 aliphatic heterocycles. The van der Waals surface area contributed by atoms with Crippen molar-refractivity contribution in [3.05, 3.63) is 27.1 Å². The Hall–Kier alpha value is -1.61. The van der Waals surface area contributed by atoms with E-state index in [0.29, 0.717) is 23.1 Å². The van der Waals surface area contributed by atoms with Crippen molar-refractivity contribution in [1.82, 2.24) is 9.80 Å². The molecule has 1 aliphatic rings. The highest BCUT2D eigenvalue weighted by Gasteiger charge is 2.37. The number of rotatable bonds is 4. The second-order valence-corrected chi connectivity index (χ2v) is 6.60. The molecule has 0 aliphatic carbocycles. The van der Waals surface area contributed by atoms with Gasteiger partial charge in [0.15, 0.2) is 0 Å². The summed E-state index contributed by atoms with van der Waals surface area (Å²) in [5.41, 5.74) is 0. The molecule has 9 heteroatoms. The Labute approximate surface area is 130 Å². The van der Waals surface area contributed by atoms with E-state index in [-0.39, 0.29) is 16.8 Å². The molecule has 0 bridgehead atoms. The van der Waals surface area contributed by atoms with Crippen molar-refractivity contribution in [2.75, 3.05) is 25.2 Å². The molecule has 1 aromatic rings. The van der Waals surface area contributed by atoms with E-state index in [9.17, 15) is 19.7 Å². The van der Waals surface area contributed by atoms with Gasteiger partial charge in [-0.15, -0.1) is 11.8 Å². The van der Waals surface area contributed by atoms with Crippen molar-refractivity contribution in [2.24, 2.45) is 0 Å². The van der Waals surface area contributed by atoms with Crippen LogP contribution in [0.2, 0.25) is 0 Å². The van der Waals surface area contributed by atoms with E-state index in [4.69, 9.17) is 0 Å². The summed E-state index contributed by atoms with van der Waals surface area (Å²) in [6.45, 7) is 2.45. The van der Waals surface area contributed by atoms with Crippen LogP contribution in [-0.2, 0) is 4.79 Å². The molecule has 0 radical (unpaired) electrons. The lowest BCUT2D eigenvalue weighted by Gasteiger charge is -2.26. The first-order valence-electron chi connectivity index (χ1n) is 6.33. The van der Waals surface area contributed by atoms with E-state index in [2.05, 4.69) is 0 Å². The fourth-order valence-corrected chi connectivity index (χ4v) is 3.86. The van der Waals surface area contributed by atoms with Crippen molar-refractivity contribution in [3.63, 3.8) is 0 Å². The summed E-state index contributed by atoms with van der Waals surface area (Å²) in [7, 11) is 1.70. The lowest BCUT2D eigenvalue weighted by atomic mass is 10.2. The number of carbonyl (C=O) groups is 2. The zero-order valence-electron chi connectivity index (χ0n) is 11.6. The molecule has 0 spiro atoms. The lowest BCUT2D eigenvalue weighted by Crippen LogP contribution is -2.47. The Morgan fingerprint density at radius 1 is 1.52 bits per heavy atom. The summed E-state index contributed by atoms with van der Waals surface area (Å²) < 4.78 is 0. The molecule has 7 nitrogen and oxygen atoms in total. The molecular formula is C12H15N3O4S2. The van der Waals surface area contributed by atoms with Gasteiger partial charge in [-0.05, 0) is 13.0 Å². The number of hydrogen-bond acceptors (Lipinski definition) is 6. The smallest absolute Gasteiger partial charge is 0.324 e. The van der Waals surface area contributed by atoms with Gasteiger partial charge >= 0.3 is 5.00 Å². The molecule has 0 aromatic carbocycles. The fraction of sp³-hybridized carbons (Fsp3) is 0.500. The van der Waals surface area contributed by atoms with Crippen molar-refractivity contribution >= 4 is 39.9 Å². The van der Waals surface area contributed by atoms with E-state index in [1.165, 1.54) is 28.8 Å². The van der Waals surface area contributed by atoms with Crippen molar-refractivity contribution in [2.45, 2.75) is 13.0 Å². The molecule has 1 atom stereocenters. The van der Waals surface area contributed by atoms with Gasteiger partial charge in [-0.3, -0.25) is 19.7 Å². The SMILES string of the molecule is CCN(C)C(=O)[C@H]1CSCN1C(=O)c1ccc([N+](=O)[O-])s1. The predicted molar refractivity (Wildman–Crippen MR) is 81.6 cm³/mol. The largest absolute Gasteiger partial charge is 0.344 e. The maximum Gasteiger partial charge on any atom is 0.324 e. The van der Waals surface area contributed by atoms with Gasteiger partial charge in [-0.1, -0.05) is 11.3 Å². The minimum absolute atomic E-state index is 0.0706. The van der Waals surface area contributed by atoms with Gasteiger partial charge in [0.05, 0.1) is 15.7 Å². The quantitative estimate of drug-likeness (QED) is 0.619. The molecular weight excluding hydrogens is 314 g/mol. The number of nitro groups is 1. The average molecular weight is 329 g/mol. The van der Waals surface area contributed by atoms with Crippen LogP contribution in [-0.4, -0.2) is 57.8 Å². The second-order valence-electron chi connectivity index (χ2n) is 4.54. The highest BCUT2D eigenvalue weighted by Crippen LogP contribution is 2.29. The van der Waals surface area contributed by atoms with Gasteiger partial charge in [-0.2, -0.15) is 0 Å². The van der Waals surface area contributed by atoms with Crippen molar-refractivity contribution < 1.29 is 14.5 Å². The summed E-state index contributed by atoms with van der Waals surface area (Å²) in [4.78, 5) is 38.2. The first-order chi connectivity index (χ1) is 9.95. The molecule has 0 unspecified atom stereocenters. The zero-order valence-corrected chi connectivity index (χ0v) is 13.3. The topological polar surface area (TPSA) is 83.8 Å². The molecule has 1 saturated heterocycles. The van der Waals surface area contributed by atoms with Gasteiger partial charge in [0.1, 0.15) is 6.04 Å². The highest BCUT2D eigenvalue weighted by molar-refractivity contribution is 7.99. The van der Waals surface area contributed by atoms with E-state index >= 15 is 0 Å². The molecule has 114 valence electrons. The number of hydrogen-bond donors (Lipinski definition) is 0. The highest BCUT2D eigenvalue weighted by atomic mass is 32.2. The third kappa shape index (κ3) is 3.18. The summed E-state index contributed by atoms with van der Waals surface area (Å²) in [5.74, 6) is 0.573. The van der Waals surface area contributed by atoms with Crippen molar-refractivity contribution in [1.29, 1.82) is 0 Å². The van der Waals surface area contributed by atoms with E-state index < -0.39 is 11.0 Å². The Morgan fingerprint density at radius 3 is 2.81 bits per heavy atom. The number of amides is 2. The number of carbonyl (C=O) groups excluding carboxylic acids is 2. The van der Waals surface area contributed by atoms with E-state index in [1.807, 2.05) is 6.92 Å². The Balaban J connectivity index is 2.17. The van der Waals surface area contributed by atoms with Crippen LogP contribution < -0.4 is 0 Å². The zero-order chi connectivity index (χ0) is 15.6. The lowest BCUT2D eigenvalue weighted by molar-refractivity contribution is -0.380. The molecule has 21 heavy (non-hydrogen) atoms. The van der Waals surface area contributed by atoms with E-state index in [0.717, 1.165) is 11.3 Å². The maximum absolute atomic E-state index is 12.4. The number of thioether (sulfide) groups is 1. The summed E-state index contributed by atoms with van der Waals surface area (Å²) >= 11 is 2.35. The minimum Gasteiger partial charge on any atom is -0.344 e. The number of thiophene rings is 1.